The van der Waals surface area contributed by atoms with E-state index in [0.29, 0.717) is 30.9 Å². The molecule has 7 nitrogen and oxygen atoms in total. The Morgan fingerprint density at radius 2 is 2.14 bits per heavy atom. The van der Waals surface area contributed by atoms with Crippen molar-refractivity contribution >= 4 is 17.3 Å². The van der Waals surface area contributed by atoms with E-state index >= 15 is 0 Å². The van der Waals surface area contributed by atoms with Gasteiger partial charge in [0.25, 0.3) is 5.56 Å². The topological polar surface area (TPSA) is 89.2 Å². The Labute approximate surface area is 176 Å². The number of ether oxygens (including phenoxy) is 2. The van der Waals surface area contributed by atoms with Crippen LogP contribution in [0.25, 0.3) is 0 Å². The number of methoxy groups -OCH3 is 1. The normalized spacial score (nSPS) is 11.7. The van der Waals surface area contributed by atoms with Crippen molar-refractivity contribution < 1.29 is 9.47 Å². The van der Waals surface area contributed by atoms with Crippen LogP contribution in [0.15, 0.2) is 29.2 Å². The smallest absolute Gasteiger partial charge is 0.287 e. The number of anilines is 1. The summed E-state index contributed by atoms with van der Waals surface area (Å²) < 4.78 is 12.8. The first-order valence-electron chi connectivity index (χ1n) is 9.72. The molecule has 0 aliphatic heterocycles. The number of benzene rings is 1. The summed E-state index contributed by atoms with van der Waals surface area (Å²) in [6, 6.07) is 7.57. The number of hydrogen-bond acceptors (Lipinski definition) is 6. The fourth-order valence-corrected chi connectivity index (χ4v) is 3.04. The fourth-order valence-electron chi connectivity index (χ4n) is 2.83. The van der Waals surface area contributed by atoms with Gasteiger partial charge >= 0.3 is 0 Å². The SMILES string of the molecule is CCCc1cc(C#N)ccc1OCC(CNc1cnn(CCC)c(=O)c1Cl)OC. The van der Waals surface area contributed by atoms with Crippen LogP contribution in [-0.4, -0.2) is 36.1 Å². The second-order valence-corrected chi connectivity index (χ2v) is 7.01. The average molecular weight is 419 g/mol. The molecule has 29 heavy (non-hydrogen) atoms. The Morgan fingerprint density at radius 1 is 1.34 bits per heavy atom. The summed E-state index contributed by atoms with van der Waals surface area (Å²) in [5.41, 5.74) is 1.77. The molecular weight excluding hydrogens is 392 g/mol. The number of aromatic nitrogens is 2. The summed E-state index contributed by atoms with van der Waals surface area (Å²) in [6.07, 6.45) is 3.86. The van der Waals surface area contributed by atoms with Gasteiger partial charge in [-0.1, -0.05) is 31.9 Å². The largest absolute Gasteiger partial charge is 0.491 e. The summed E-state index contributed by atoms with van der Waals surface area (Å²) >= 11 is 6.18. The van der Waals surface area contributed by atoms with Crippen molar-refractivity contribution in [3.8, 4) is 11.8 Å². The highest BCUT2D eigenvalue weighted by molar-refractivity contribution is 6.32. The molecule has 156 valence electrons. The van der Waals surface area contributed by atoms with E-state index in [1.807, 2.05) is 19.1 Å². The van der Waals surface area contributed by atoms with Gasteiger partial charge in [-0.05, 0) is 36.6 Å². The van der Waals surface area contributed by atoms with Gasteiger partial charge in [-0.25, -0.2) is 4.68 Å². The zero-order chi connectivity index (χ0) is 21.2. The van der Waals surface area contributed by atoms with Crippen LogP contribution in [0.5, 0.6) is 5.75 Å². The lowest BCUT2D eigenvalue weighted by Gasteiger charge is -2.19. The Kier molecular flexibility index (Phi) is 8.97. The predicted molar refractivity (Wildman–Crippen MR) is 114 cm³/mol. The summed E-state index contributed by atoms with van der Waals surface area (Å²) in [5.74, 6) is 0.745. The molecule has 8 heteroatoms. The number of nitrogens with zero attached hydrogens (tertiary/aromatic N) is 3. The zero-order valence-corrected chi connectivity index (χ0v) is 17.8. The molecule has 1 unspecified atom stereocenters. The van der Waals surface area contributed by atoms with Gasteiger partial charge in [-0.15, -0.1) is 0 Å². The van der Waals surface area contributed by atoms with Gasteiger partial charge in [0, 0.05) is 20.2 Å². The van der Waals surface area contributed by atoms with E-state index in [9.17, 15) is 4.79 Å². The first kappa shape index (κ1) is 22.7. The number of nitrogens with one attached hydrogen (secondary N) is 1. The minimum atomic E-state index is -0.314. The van der Waals surface area contributed by atoms with Crippen molar-refractivity contribution in [3.05, 3.63) is 50.9 Å². The molecule has 1 aromatic carbocycles. The third kappa shape index (κ3) is 6.21. The van der Waals surface area contributed by atoms with E-state index in [1.165, 1.54) is 4.68 Å². The second-order valence-electron chi connectivity index (χ2n) is 6.63. The standard InChI is InChI=1S/C21H27ClN4O3/c1-4-6-16-10-15(11-23)7-8-19(16)29-14-17(28-3)12-24-18-13-25-26(9-5-2)21(27)20(18)22/h7-8,10,13,17,24H,4-6,9,12,14H2,1-3H3. The molecule has 0 aliphatic rings. The van der Waals surface area contributed by atoms with Crippen molar-refractivity contribution in [2.75, 3.05) is 25.6 Å². The molecule has 0 aliphatic carbocycles. The van der Waals surface area contributed by atoms with Crippen LogP contribution in [0.1, 0.15) is 37.8 Å². The maximum absolute atomic E-state index is 12.2. The number of nitriles is 1. The van der Waals surface area contributed by atoms with Crippen molar-refractivity contribution in [2.24, 2.45) is 0 Å². The minimum absolute atomic E-state index is 0.113. The maximum Gasteiger partial charge on any atom is 0.287 e. The van der Waals surface area contributed by atoms with E-state index in [1.54, 1.807) is 19.4 Å². The zero-order valence-electron chi connectivity index (χ0n) is 17.1. The molecule has 0 saturated heterocycles. The highest BCUT2D eigenvalue weighted by Crippen LogP contribution is 2.22. The third-order valence-electron chi connectivity index (χ3n) is 4.41. The number of rotatable bonds is 11. The molecule has 0 saturated carbocycles. The van der Waals surface area contributed by atoms with Crippen LogP contribution in [-0.2, 0) is 17.7 Å². The Balaban J connectivity index is 2.01. The number of halogens is 1. The molecule has 0 amide bonds. The van der Waals surface area contributed by atoms with Crippen LogP contribution in [0.4, 0.5) is 5.69 Å². The first-order chi connectivity index (χ1) is 14.0. The van der Waals surface area contributed by atoms with E-state index in [2.05, 4.69) is 23.4 Å². The Bertz CT molecular complexity index is 908. The molecule has 0 radical (unpaired) electrons. The summed E-state index contributed by atoms with van der Waals surface area (Å²) in [5, 5.41) is 16.4. The van der Waals surface area contributed by atoms with Crippen molar-refractivity contribution in [2.45, 2.75) is 45.8 Å². The molecule has 0 bridgehead atoms. The van der Waals surface area contributed by atoms with Crippen LogP contribution in [0, 0.1) is 11.3 Å². The van der Waals surface area contributed by atoms with E-state index in [0.717, 1.165) is 30.6 Å². The molecule has 1 aromatic heterocycles. The first-order valence-corrected chi connectivity index (χ1v) is 10.1. The van der Waals surface area contributed by atoms with Gasteiger partial charge in [0.2, 0.25) is 0 Å². The van der Waals surface area contributed by atoms with Gasteiger partial charge in [0.15, 0.2) is 0 Å². The highest BCUT2D eigenvalue weighted by Gasteiger charge is 2.14. The maximum atomic E-state index is 12.2. The molecule has 1 atom stereocenters. The minimum Gasteiger partial charge on any atom is -0.491 e. The molecule has 1 heterocycles. The molecule has 0 fully saturated rings. The molecule has 1 N–H and O–H groups in total. The van der Waals surface area contributed by atoms with Crippen LogP contribution in [0.2, 0.25) is 5.02 Å². The van der Waals surface area contributed by atoms with E-state index in [-0.39, 0.29) is 16.7 Å². The van der Waals surface area contributed by atoms with Crippen LogP contribution < -0.4 is 15.6 Å². The predicted octanol–water partition coefficient (Wildman–Crippen LogP) is 3.64. The Hall–Kier alpha value is -2.56. The van der Waals surface area contributed by atoms with Crippen molar-refractivity contribution in [1.29, 1.82) is 5.26 Å². The summed E-state index contributed by atoms with van der Waals surface area (Å²) in [4.78, 5) is 12.2. The quantitative estimate of drug-likeness (QED) is 0.599. The third-order valence-corrected chi connectivity index (χ3v) is 4.77. The molecule has 2 rings (SSSR count). The lowest BCUT2D eigenvalue weighted by molar-refractivity contribution is 0.0669. The highest BCUT2D eigenvalue weighted by atomic mass is 35.5. The van der Waals surface area contributed by atoms with E-state index < -0.39 is 0 Å². The lowest BCUT2D eigenvalue weighted by Crippen LogP contribution is -2.30. The molecule has 0 spiro atoms. The van der Waals surface area contributed by atoms with Gasteiger partial charge in [-0.3, -0.25) is 4.79 Å². The van der Waals surface area contributed by atoms with Gasteiger partial charge < -0.3 is 14.8 Å². The fraction of sp³-hybridized carbons (Fsp3) is 0.476. The number of aryl methyl sites for hydroxylation is 2. The van der Waals surface area contributed by atoms with Crippen molar-refractivity contribution in [3.63, 3.8) is 0 Å². The van der Waals surface area contributed by atoms with Crippen molar-refractivity contribution in [1.82, 2.24) is 9.78 Å². The van der Waals surface area contributed by atoms with Gasteiger partial charge in [0.05, 0.1) is 23.5 Å². The van der Waals surface area contributed by atoms with Crippen LogP contribution >= 0.6 is 11.6 Å². The monoisotopic (exact) mass is 418 g/mol. The van der Waals surface area contributed by atoms with E-state index in [4.69, 9.17) is 26.3 Å². The second kappa shape index (κ2) is 11.4. The summed E-state index contributed by atoms with van der Waals surface area (Å²) in [6.45, 7) is 5.28. The van der Waals surface area contributed by atoms with Gasteiger partial charge in [0.1, 0.15) is 23.5 Å². The summed E-state index contributed by atoms with van der Waals surface area (Å²) in [7, 11) is 1.60. The molecular formula is C21H27ClN4O3. The Morgan fingerprint density at radius 3 is 2.79 bits per heavy atom. The van der Waals surface area contributed by atoms with Gasteiger partial charge in [-0.2, -0.15) is 10.4 Å². The molecule has 2 aromatic rings. The lowest BCUT2D eigenvalue weighted by atomic mass is 10.1. The van der Waals surface area contributed by atoms with Crippen LogP contribution in [0.3, 0.4) is 0 Å². The average Bonchev–Trinajstić information content (AvgIpc) is 2.73. The number of hydrogen-bond donors (Lipinski definition) is 1.